The second kappa shape index (κ2) is 5.92. The highest BCUT2D eigenvalue weighted by atomic mass is 16.5. The molecule has 2 unspecified atom stereocenters. The van der Waals surface area contributed by atoms with Crippen LogP contribution in [0.1, 0.15) is 16.8 Å². The normalized spacial score (nSPS) is 21.8. The number of amides is 1. The van der Waals surface area contributed by atoms with Gasteiger partial charge in [-0.25, -0.2) is 4.79 Å². The monoisotopic (exact) mass is 279 g/mol. The molecule has 1 saturated heterocycles. The van der Waals surface area contributed by atoms with E-state index >= 15 is 0 Å². The maximum absolute atomic E-state index is 12.4. The summed E-state index contributed by atoms with van der Waals surface area (Å²) >= 11 is 0. The summed E-state index contributed by atoms with van der Waals surface area (Å²) in [5.74, 6) is -0.776. The van der Waals surface area contributed by atoms with Crippen LogP contribution in [0.3, 0.4) is 0 Å². The number of hydrogen-bond donors (Lipinski definition) is 1. The van der Waals surface area contributed by atoms with E-state index in [-0.39, 0.29) is 18.6 Å². The summed E-state index contributed by atoms with van der Waals surface area (Å²) in [6.45, 7) is 0.281. The average Bonchev–Trinajstić information content (AvgIpc) is 2.91. The molecule has 0 aliphatic carbocycles. The maximum atomic E-state index is 12.4. The Morgan fingerprint density at radius 1 is 1.35 bits per heavy atom. The zero-order valence-electron chi connectivity index (χ0n) is 11.4. The molecule has 1 aromatic rings. The van der Waals surface area contributed by atoms with Crippen molar-refractivity contribution in [1.29, 1.82) is 0 Å². The number of methoxy groups -OCH3 is 2. The number of carboxylic acids is 1. The van der Waals surface area contributed by atoms with Crippen LogP contribution in [0.25, 0.3) is 0 Å². The Labute approximate surface area is 116 Å². The number of aliphatic carboxylic acids is 1. The lowest BCUT2D eigenvalue weighted by Gasteiger charge is -2.21. The number of carbonyl (C=O) groups is 2. The van der Waals surface area contributed by atoms with Gasteiger partial charge in [0.25, 0.3) is 5.91 Å². The first-order chi connectivity index (χ1) is 9.56. The molecule has 0 radical (unpaired) electrons. The zero-order chi connectivity index (χ0) is 14.7. The van der Waals surface area contributed by atoms with Crippen LogP contribution >= 0.6 is 0 Å². The lowest BCUT2D eigenvalue weighted by atomic mass is 10.1. The number of rotatable bonds is 4. The number of nitrogens with zero attached hydrogens (tertiary/aromatic N) is 1. The number of carboxylic acid groups (broad SMARTS) is 1. The molecule has 1 N–H and O–H groups in total. The molecule has 1 aromatic carbocycles. The van der Waals surface area contributed by atoms with Crippen LogP contribution in [0.15, 0.2) is 24.3 Å². The van der Waals surface area contributed by atoms with Crippen LogP contribution in [0.2, 0.25) is 0 Å². The van der Waals surface area contributed by atoms with Crippen molar-refractivity contribution in [2.75, 3.05) is 20.8 Å². The molecule has 0 saturated carbocycles. The van der Waals surface area contributed by atoms with Crippen LogP contribution in [0.5, 0.6) is 5.75 Å². The van der Waals surface area contributed by atoms with Gasteiger partial charge >= 0.3 is 5.97 Å². The van der Waals surface area contributed by atoms with E-state index in [9.17, 15) is 14.7 Å². The third kappa shape index (κ3) is 2.75. The zero-order valence-corrected chi connectivity index (χ0v) is 11.4. The molecule has 1 amide bonds. The molecular weight excluding hydrogens is 262 g/mol. The standard InChI is InChI=1S/C14H17NO5/c1-19-10-5-3-4-9(6-10)13(16)15-8-11(20-2)7-12(15)14(17)18/h3-6,11-12H,7-8H2,1-2H3,(H,17,18). The predicted octanol–water partition coefficient (Wildman–Crippen LogP) is 1.01. The highest BCUT2D eigenvalue weighted by Crippen LogP contribution is 2.24. The molecule has 6 nitrogen and oxygen atoms in total. The summed E-state index contributed by atoms with van der Waals surface area (Å²) in [6, 6.07) is 5.82. The van der Waals surface area contributed by atoms with Gasteiger partial charge in [0.15, 0.2) is 0 Å². The maximum Gasteiger partial charge on any atom is 0.326 e. The van der Waals surface area contributed by atoms with Gasteiger partial charge in [-0.3, -0.25) is 4.79 Å². The molecule has 6 heteroatoms. The third-order valence-corrected chi connectivity index (χ3v) is 3.46. The Kier molecular flexibility index (Phi) is 4.24. The molecule has 1 aliphatic rings. The van der Waals surface area contributed by atoms with E-state index in [0.717, 1.165) is 0 Å². The van der Waals surface area contributed by atoms with E-state index < -0.39 is 12.0 Å². The number of hydrogen-bond acceptors (Lipinski definition) is 4. The van der Waals surface area contributed by atoms with Gasteiger partial charge in [0.05, 0.1) is 13.2 Å². The van der Waals surface area contributed by atoms with Crippen LogP contribution in [-0.2, 0) is 9.53 Å². The molecule has 20 heavy (non-hydrogen) atoms. The molecule has 1 heterocycles. The van der Waals surface area contributed by atoms with Gasteiger partial charge < -0.3 is 19.5 Å². The average molecular weight is 279 g/mol. The van der Waals surface area contributed by atoms with Crippen LogP contribution < -0.4 is 4.74 Å². The van der Waals surface area contributed by atoms with Gasteiger partial charge in [0.2, 0.25) is 0 Å². The van der Waals surface area contributed by atoms with Crippen molar-refractivity contribution in [3.8, 4) is 5.75 Å². The minimum Gasteiger partial charge on any atom is -0.497 e. The smallest absolute Gasteiger partial charge is 0.326 e. The second-order valence-corrected chi connectivity index (χ2v) is 4.64. The Morgan fingerprint density at radius 3 is 2.70 bits per heavy atom. The van der Waals surface area contributed by atoms with Crippen molar-refractivity contribution in [2.45, 2.75) is 18.6 Å². The van der Waals surface area contributed by atoms with Crippen LogP contribution in [0.4, 0.5) is 0 Å². The molecule has 2 rings (SSSR count). The van der Waals surface area contributed by atoms with Gasteiger partial charge in [-0.1, -0.05) is 6.07 Å². The summed E-state index contributed by atoms with van der Waals surface area (Å²) in [7, 11) is 3.03. The van der Waals surface area contributed by atoms with E-state index in [1.807, 2.05) is 0 Å². The van der Waals surface area contributed by atoms with E-state index in [0.29, 0.717) is 17.7 Å². The minimum absolute atomic E-state index is 0.245. The lowest BCUT2D eigenvalue weighted by molar-refractivity contribution is -0.141. The number of likely N-dealkylation sites (tertiary alicyclic amines) is 1. The Balaban J connectivity index is 2.24. The van der Waals surface area contributed by atoms with E-state index in [1.165, 1.54) is 19.1 Å². The summed E-state index contributed by atoms with van der Waals surface area (Å²) in [4.78, 5) is 25.0. The van der Waals surface area contributed by atoms with Crippen LogP contribution in [0, 0.1) is 0 Å². The topological polar surface area (TPSA) is 76.1 Å². The molecule has 1 aliphatic heterocycles. The summed E-state index contributed by atoms with van der Waals surface area (Å²) < 4.78 is 10.2. The Hall–Kier alpha value is -2.08. The van der Waals surface area contributed by atoms with Crippen molar-refractivity contribution in [3.63, 3.8) is 0 Å². The van der Waals surface area contributed by atoms with E-state index in [4.69, 9.17) is 9.47 Å². The van der Waals surface area contributed by atoms with Crippen LogP contribution in [-0.4, -0.2) is 54.8 Å². The summed E-state index contributed by atoms with van der Waals surface area (Å²) in [6.07, 6.45) is 0.0623. The largest absolute Gasteiger partial charge is 0.497 e. The van der Waals surface area contributed by atoms with Gasteiger partial charge in [0.1, 0.15) is 11.8 Å². The summed E-state index contributed by atoms with van der Waals surface area (Å²) in [5, 5.41) is 9.22. The van der Waals surface area contributed by atoms with E-state index in [1.54, 1.807) is 24.3 Å². The highest BCUT2D eigenvalue weighted by Gasteiger charge is 2.40. The van der Waals surface area contributed by atoms with Crippen molar-refractivity contribution in [2.24, 2.45) is 0 Å². The fraction of sp³-hybridized carbons (Fsp3) is 0.429. The fourth-order valence-electron chi connectivity index (χ4n) is 2.35. The lowest BCUT2D eigenvalue weighted by Crippen LogP contribution is -2.40. The highest BCUT2D eigenvalue weighted by molar-refractivity contribution is 5.97. The minimum atomic E-state index is -1.01. The number of benzene rings is 1. The molecule has 0 spiro atoms. The Bertz CT molecular complexity index is 516. The third-order valence-electron chi connectivity index (χ3n) is 3.46. The van der Waals surface area contributed by atoms with Crippen molar-refractivity contribution in [1.82, 2.24) is 4.90 Å². The molecule has 1 fully saturated rings. The number of carbonyl (C=O) groups excluding carboxylic acids is 1. The SMILES string of the molecule is COc1cccc(C(=O)N2CC(OC)CC2C(=O)O)c1. The molecule has 108 valence electrons. The molecular formula is C14H17NO5. The van der Waals surface area contributed by atoms with Gasteiger partial charge in [-0.15, -0.1) is 0 Å². The van der Waals surface area contributed by atoms with Gasteiger partial charge in [0, 0.05) is 25.6 Å². The van der Waals surface area contributed by atoms with Crippen molar-refractivity contribution >= 4 is 11.9 Å². The van der Waals surface area contributed by atoms with Crippen molar-refractivity contribution < 1.29 is 24.2 Å². The first-order valence-electron chi connectivity index (χ1n) is 6.27. The second-order valence-electron chi connectivity index (χ2n) is 4.64. The number of ether oxygens (including phenoxy) is 2. The molecule has 2 atom stereocenters. The molecule has 0 aromatic heterocycles. The predicted molar refractivity (Wildman–Crippen MR) is 70.9 cm³/mol. The molecule has 0 bridgehead atoms. The first kappa shape index (κ1) is 14.3. The fourth-order valence-corrected chi connectivity index (χ4v) is 2.35. The van der Waals surface area contributed by atoms with E-state index in [2.05, 4.69) is 0 Å². The quantitative estimate of drug-likeness (QED) is 0.890. The first-order valence-corrected chi connectivity index (χ1v) is 6.27. The van der Waals surface area contributed by atoms with Gasteiger partial charge in [-0.2, -0.15) is 0 Å². The summed E-state index contributed by atoms with van der Waals surface area (Å²) in [5.41, 5.74) is 0.410. The Morgan fingerprint density at radius 2 is 2.10 bits per heavy atom. The van der Waals surface area contributed by atoms with Gasteiger partial charge in [-0.05, 0) is 18.2 Å². The van der Waals surface area contributed by atoms with Crippen molar-refractivity contribution in [3.05, 3.63) is 29.8 Å².